The van der Waals surface area contributed by atoms with Gasteiger partial charge in [0, 0.05) is 18.4 Å². The van der Waals surface area contributed by atoms with Gasteiger partial charge in [0.1, 0.15) is 5.78 Å². The minimum atomic E-state index is 0.0903. The summed E-state index contributed by atoms with van der Waals surface area (Å²) < 4.78 is 0. The van der Waals surface area contributed by atoms with E-state index in [1.807, 2.05) is 0 Å². The Morgan fingerprint density at radius 1 is 1.33 bits per heavy atom. The molecule has 1 atom stereocenters. The van der Waals surface area contributed by atoms with Crippen molar-refractivity contribution in [2.75, 3.05) is 20.1 Å². The van der Waals surface area contributed by atoms with Gasteiger partial charge in [0.15, 0.2) is 0 Å². The summed E-state index contributed by atoms with van der Waals surface area (Å²) in [5.74, 6) is 0.536. The first-order valence-electron chi connectivity index (χ1n) is 4.95. The van der Waals surface area contributed by atoms with Gasteiger partial charge in [-0.15, -0.1) is 0 Å². The summed E-state index contributed by atoms with van der Waals surface area (Å²) in [6, 6.07) is 0. The van der Waals surface area contributed by atoms with E-state index in [2.05, 4.69) is 11.9 Å². The van der Waals surface area contributed by atoms with Crippen LogP contribution in [0.5, 0.6) is 0 Å². The minimum absolute atomic E-state index is 0.0903. The van der Waals surface area contributed by atoms with Gasteiger partial charge in [-0.05, 0) is 39.3 Å². The molecule has 0 aromatic heterocycles. The SMILES string of the molecule is CN1CCCC2(CCCC2=O)C1. The first kappa shape index (κ1) is 8.24. The monoisotopic (exact) mass is 167 g/mol. The largest absolute Gasteiger partial charge is 0.305 e. The Balaban J connectivity index is 2.13. The molecule has 0 aromatic rings. The minimum Gasteiger partial charge on any atom is -0.305 e. The molecule has 1 aliphatic carbocycles. The molecule has 1 spiro atoms. The first-order valence-corrected chi connectivity index (χ1v) is 4.95. The van der Waals surface area contributed by atoms with Gasteiger partial charge in [-0.25, -0.2) is 0 Å². The zero-order valence-corrected chi connectivity index (χ0v) is 7.81. The Hall–Kier alpha value is -0.370. The molecule has 2 rings (SSSR count). The van der Waals surface area contributed by atoms with E-state index in [4.69, 9.17) is 0 Å². The van der Waals surface area contributed by atoms with Crippen LogP contribution in [0, 0.1) is 5.41 Å². The summed E-state index contributed by atoms with van der Waals surface area (Å²) in [5.41, 5.74) is 0.0903. The number of carbonyl (C=O) groups excluding carboxylic acids is 1. The van der Waals surface area contributed by atoms with Crippen molar-refractivity contribution in [3.05, 3.63) is 0 Å². The highest BCUT2D eigenvalue weighted by molar-refractivity contribution is 5.87. The van der Waals surface area contributed by atoms with Gasteiger partial charge < -0.3 is 4.90 Å². The van der Waals surface area contributed by atoms with E-state index in [-0.39, 0.29) is 5.41 Å². The summed E-state index contributed by atoms with van der Waals surface area (Å²) in [6.07, 6.45) is 5.48. The van der Waals surface area contributed by atoms with E-state index >= 15 is 0 Å². The van der Waals surface area contributed by atoms with Crippen LogP contribution in [0.15, 0.2) is 0 Å². The maximum absolute atomic E-state index is 11.7. The third kappa shape index (κ3) is 1.18. The Morgan fingerprint density at radius 3 is 2.67 bits per heavy atom. The molecule has 12 heavy (non-hydrogen) atoms. The van der Waals surface area contributed by atoms with Crippen LogP contribution >= 0.6 is 0 Å². The Morgan fingerprint density at radius 2 is 2.08 bits per heavy atom. The predicted octanol–water partition coefficient (Wildman–Crippen LogP) is 1.45. The van der Waals surface area contributed by atoms with Crippen molar-refractivity contribution in [2.24, 2.45) is 5.41 Å². The van der Waals surface area contributed by atoms with E-state index < -0.39 is 0 Å². The van der Waals surface area contributed by atoms with Gasteiger partial charge in [-0.2, -0.15) is 0 Å². The van der Waals surface area contributed by atoms with E-state index in [1.54, 1.807) is 0 Å². The molecular formula is C10H17NO. The molecule has 0 radical (unpaired) electrons. The van der Waals surface area contributed by atoms with Crippen LogP contribution in [0.1, 0.15) is 32.1 Å². The molecule has 0 amide bonds. The lowest BCUT2D eigenvalue weighted by Gasteiger charge is -2.37. The number of hydrogen-bond acceptors (Lipinski definition) is 2. The van der Waals surface area contributed by atoms with Crippen molar-refractivity contribution in [1.29, 1.82) is 0 Å². The third-order valence-electron chi connectivity index (χ3n) is 3.42. The van der Waals surface area contributed by atoms with Crippen LogP contribution in [0.25, 0.3) is 0 Å². The van der Waals surface area contributed by atoms with Crippen LogP contribution in [0.2, 0.25) is 0 Å². The molecule has 0 N–H and O–H groups in total. The Labute approximate surface area is 73.9 Å². The van der Waals surface area contributed by atoms with Crippen molar-refractivity contribution in [2.45, 2.75) is 32.1 Å². The Bertz CT molecular complexity index is 202. The molecular weight excluding hydrogens is 150 g/mol. The van der Waals surface area contributed by atoms with Crippen molar-refractivity contribution in [3.8, 4) is 0 Å². The van der Waals surface area contributed by atoms with Gasteiger partial charge >= 0.3 is 0 Å². The summed E-state index contributed by atoms with van der Waals surface area (Å²) in [6.45, 7) is 2.20. The quantitative estimate of drug-likeness (QED) is 0.544. The fourth-order valence-corrected chi connectivity index (χ4v) is 2.79. The van der Waals surface area contributed by atoms with Gasteiger partial charge in [-0.1, -0.05) is 0 Å². The normalized spacial score (nSPS) is 37.9. The standard InChI is InChI=1S/C10H17NO/c1-11-7-3-6-10(8-11)5-2-4-9(10)12/h2-8H2,1H3. The van der Waals surface area contributed by atoms with E-state index in [0.717, 1.165) is 32.2 Å². The average Bonchev–Trinajstić information content (AvgIpc) is 2.33. The van der Waals surface area contributed by atoms with Crippen LogP contribution < -0.4 is 0 Å². The fraction of sp³-hybridized carbons (Fsp3) is 0.900. The number of hydrogen-bond donors (Lipinski definition) is 0. The van der Waals surface area contributed by atoms with Crippen molar-refractivity contribution in [1.82, 2.24) is 4.90 Å². The number of ketones is 1. The molecule has 1 heterocycles. The second-order valence-corrected chi connectivity index (χ2v) is 4.40. The average molecular weight is 167 g/mol. The number of likely N-dealkylation sites (tertiary alicyclic amines) is 1. The van der Waals surface area contributed by atoms with Crippen molar-refractivity contribution >= 4 is 5.78 Å². The molecule has 0 aromatic carbocycles. The van der Waals surface area contributed by atoms with Gasteiger partial charge in [-0.3, -0.25) is 4.79 Å². The maximum atomic E-state index is 11.7. The second kappa shape index (κ2) is 2.84. The smallest absolute Gasteiger partial charge is 0.140 e. The molecule has 2 fully saturated rings. The summed E-state index contributed by atoms with van der Waals surface area (Å²) >= 11 is 0. The molecule has 1 saturated carbocycles. The molecule has 2 nitrogen and oxygen atoms in total. The molecule has 1 unspecified atom stereocenters. The van der Waals surface area contributed by atoms with Crippen LogP contribution in [-0.2, 0) is 4.79 Å². The summed E-state index contributed by atoms with van der Waals surface area (Å²) in [4.78, 5) is 14.0. The number of piperidine rings is 1. The van der Waals surface area contributed by atoms with Crippen molar-refractivity contribution in [3.63, 3.8) is 0 Å². The second-order valence-electron chi connectivity index (χ2n) is 4.40. The number of nitrogens with zero attached hydrogens (tertiary/aromatic N) is 1. The number of carbonyl (C=O) groups is 1. The fourth-order valence-electron chi connectivity index (χ4n) is 2.79. The molecule has 1 saturated heterocycles. The summed E-state index contributed by atoms with van der Waals surface area (Å²) in [5, 5.41) is 0. The highest BCUT2D eigenvalue weighted by atomic mass is 16.1. The lowest BCUT2D eigenvalue weighted by Crippen LogP contribution is -2.43. The number of Topliss-reactive ketones (excluding diaryl/α,β-unsaturated/α-hetero) is 1. The van der Waals surface area contributed by atoms with Gasteiger partial charge in [0.2, 0.25) is 0 Å². The highest BCUT2D eigenvalue weighted by Gasteiger charge is 2.43. The van der Waals surface area contributed by atoms with E-state index in [1.165, 1.54) is 13.0 Å². The number of rotatable bonds is 0. The zero-order valence-electron chi connectivity index (χ0n) is 7.81. The third-order valence-corrected chi connectivity index (χ3v) is 3.42. The molecule has 0 bridgehead atoms. The van der Waals surface area contributed by atoms with E-state index in [0.29, 0.717) is 5.78 Å². The lowest BCUT2D eigenvalue weighted by molar-refractivity contribution is -0.128. The van der Waals surface area contributed by atoms with Crippen LogP contribution in [0.4, 0.5) is 0 Å². The Kier molecular flexibility index (Phi) is 1.95. The van der Waals surface area contributed by atoms with Crippen LogP contribution in [0.3, 0.4) is 0 Å². The predicted molar refractivity (Wildman–Crippen MR) is 48.0 cm³/mol. The van der Waals surface area contributed by atoms with Gasteiger partial charge in [0.25, 0.3) is 0 Å². The van der Waals surface area contributed by atoms with Gasteiger partial charge in [0.05, 0.1) is 0 Å². The van der Waals surface area contributed by atoms with Crippen LogP contribution in [-0.4, -0.2) is 30.8 Å². The molecule has 2 heteroatoms. The maximum Gasteiger partial charge on any atom is 0.140 e. The lowest BCUT2D eigenvalue weighted by atomic mass is 9.78. The molecule has 2 aliphatic rings. The topological polar surface area (TPSA) is 20.3 Å². The molecule has 68 valence electrons. The van der Waals surface area contributed by atoms with E-state index in [9.17, 15) is 4.79 Å². The zero-order chi connectivity index (χ0) is 8.60. The highest BCUT2D eigenvalue weighted by Crippen LogP contribution is 2.41. The summed E-state index contributed by atoms with van der Waals surface area (Å²) in [7, 11) is 2.13. The molecule has 1 aliphatic heterocycles. The van der Waals surface area contributed by atoms with Crippen molar-refractivity contribution < 1.29 is 4.79 Å². The first-order chi connectivity index (χ1) is 5.73.